The van der Waals surface area contributed by atoms with Gasteiger partial charge in [-0.3, -0.25) is 9.36 Å². The molecular weight excluding hydrogens is 322 g/mol. The van der Waals surface area contributed by atoms with Crippen molar-refractivity contribution < 1.29 is 0 Å². The van der Waals surface area contributed by atoms with E-state index in [1.807, 2.05) is 11.8 Å². The molecule has 2 aliphatic heterocycles. The minimum absolute atomic E-state index is 0.0329. The molecule has 126 valence electrons. The fourth-order valence-corrected chi connectivity index (χ4v) is 4.38. The first kappa shape index (κ1) is 15.6. The Bertz CT molecular complexity index is 770. The van der Waals surface area contributed by atoms with Gasteiger partial charge >= 0.3 is 0 Å². The van der Waals surface area contributed by atoms with Crippen LogP contribution in [0.25, 0.3) is 0 Å². The van der Waals surface area contributed by atoms with Crippen molar-refractivity contribution in [1.29, 1.82) is 0 Å². The molecule has 0 atom stereocenters. The Morgan fingerprint density at radius 2 is 2.12 bits per heavy atom. The number of hydrogen-bond acceptors (Lipinski definition) is 6. The fraction of sp³-hybridized carbons (Fsp3) is 0.529. The smallest absolute Gasteiger partial charge is 0.253 e. The number of rotatable bonds is 3. The zero-order chi connectivity index (χ0) is 16.4. The third kappa shape index (κ3) is 3.31. The molecule has 6 nitrogen and oxygen atoms in total. The minimum atomic E-state index is 0.0329. The van der Waals surface area contributed by atoms with Crippen molar-refractivity contribution in [1.82, 2.24) is 19.7 Å². The van der Waals surface area contributed by atoms with E-state index >= 15 is 0 Å². The second-order valence-electron chi connectivity index (χ2n) is 6.48. The van der Waals surface area contributed by atoms with E-state index in [4.69, 9.17) is 0 Å². The van der Waals surface area contributed by atoms with Gasteiger partial charge in [-0.15, -0.1) is 5.10 Å². The second kappa shape index (κ2) is 6.93. The summed E-state index contributed by atoms with van der Waals surface area (Å²) in [6, 6.07) is 3.75. The number of thioether (sulfide) groups is 1. The molecule has 2 aromatic rings. The summed E-state index contributed by atoms with van der Waals surface area (Å²) in [6.45, 7) is 2.70. The van der Waals surface area contributed by atoms with Crippen LogP contribution >= 0.6 is 11.8 Å². The van der Waals surface area contributed by atoms with Crippen molar-refractivity contribution in [3.63, 3.8) is 0 Å². The average molecular weight is 343 g/mol. The SMILES string of the molecule is O=c1ccncn1CC1CCN(c2cc3c(nn2)CCSC3)CC1. The molecule has 0 bridgehead atoms. The molecule has 1 fully saturated rings. The van der Waals surface area contributed by atoms with Crippen LogP contribution < -0.4 is 10.5 Å². The Labute approximate surface area is 145 Å². The maximum atomic E-state index is 11.8. The number of hydrogen-bond donors (Lipinski definition) is 0. The highest BCUT2D eigenvalue weighted by atomic mass is 32.2. The van der Waals surface area contributed by atoms with E-state index in [1.165, 1.54) is 17.3 Å². The summed E-state index contributed by atoms with van der Waals surface area (Å²) < 4.78 is 1.72. The Kier molecular flexibility index (Phi) is 4.51. The first-order valence-electron chi connectivity index (χ1n) is 8.48. The van der Waals surface area contributed by atoms with Gasteiger partial charge in [-0.25, -0.2) is 4.98 Å². The van der Waals surface area contributed by atoms with E-state index in [9.17, 15) is 4.79 Å². The predicted octanol–water partition coefficient (Wildman–Crippen LogP) is 1.74. The summed E-state index contributed by atoms with van der Waals surface area (Å²) in [5, 5.41) is 8.87. The van der Waals surface area contributed by atoms with Gasteiger partial charge in [0, 0.05) is 44.1 Å². The molecule has 0 N–H and O–H groups in total. The van der Waals surface area contributed by atoms with Gasteiger partial charge in [0.25, 0.3) is 5.56 Å². The summed E-state index contributed by atoms with van der Waals surface area (Å²) in [4.78, 5) is 18.2. The van der Waals surface area contributed by atoms with E-state index in [2.05, 4.69) is 26.1 Å². The lowest BCUT2D eigenvalue weighted by Gasteiger charge is -2.33. The van der Waals surface area contributed by atoms with E-state index in [0.717, 1.165) is 56.2 Å². The lowest BCUT2D eigenvalue weighted by molar-refractivity contribution is 0.350. The van der Waals surface area contributed by atoms with Crippen molar-refractivity contribution in [2.45, 2.75) is 31.6 Å². The summed E-state index contributed by atoms with van der Waals surface area (Å²) in [5.74, 6) is 3.73. The molecule has 0 amide bonds. The fourth-order valence-electron chi connectivity index (χ4n) is 3.42. The summed E-state index contributed by atoms with van der Waals surface area (Å²) >= 11 is 1.97. The number of aromatic nitrogens is 4. The third-order valence-corrected chi connectivity index (χ3v) is 5.88. The average Bonchev–Trinajstić information content (AvgIpc) is 2.64. The van der Waals surface area contributed by atoms with Crippen LogP contribution in [0.2, 0.25) is 0 Å². The highest BCUT2D eigenvalue weighted by molar-refractivity contribution is 7.98. The van der Waals surface area contributed by atoms with Gasteiger partial charge < -0.3 is 4.90 Å². The molecule has 0 radical (unpaired) electrons. The molecule has 0 aromatic carbocycles. The van der Waals surface area contributed by atoms with E-state index in [1.54, 1.807) is 17.1 Å². The van der Waals surface area contributed by atoms with Crippen molar-refractivity contribution in [2.24, 2.45) is 5.92 Å². The van der Waals surface area contributed by atoms with Crippen LogP contribution in [-0.4, -0.2) is 38.6 Å². The number of aryl methyl sites for hydroxylation is 1. The molecule has 7 heteroatoms. The van der Waals surface area contributed by atoms with Gasteiger partial charge in [0.15, 0.2) is 5.82 Å². The number of anilines is 1. The van der Waals surface area contributed by atoms with Crippen molar-refractivity contribution in [2.75, 3.05) is 23.7 Å². The molecule has 0 unspecified atom stereocenters. The molecule has 1 saturated heterocycles. The maximum Gasteiger partial charge on any atom is 0.253 e. The molecule has 0 spiro atoms. The topological polar surface area (TPSA) is 63.9 Å². The molecule has 2 aliphatic rings. The normalized spacial score (nSPS) is 18.4. The van der Waals surface area contributed by atoms with Crippen LogP contribution in [0.5, 0.6) is 0 Å². The van der Waals surface area contributed by atoms with Crippen LogP contribution in [0.15, 0.2) is 29.5 Å². The summed E-state index contributed by atoms with van der Waals surface area (Å²) in [7, 11) is 0. The largest absolute Gasteiger partial charge is 0.355 e. The first-order valence-corrected chi connectivity index (χ1v) is 9.64. The van der Waals surface area contributed by atoms with Gasteiger partial charge in [0.05, 0.1) is 12.0 Å². The van der Waals surface area contributed by atoms with Crippen molar-refractivity contribution in [3.8, 4) is 0 Å². The monoisotopic (exact) mass is 343 g/mol. The zero-order valence-corrected chi connectivity index (χ0v) is 14.4. The standard InChI is InChI=1S/C17H21N5OS/c23-17-1-5-18-12-22(17)10-13-2-6-21(7-3-13)16-9-14-11-24-8-4-15(14)19-20-16/h1,5,9,12-13H,2-4,6-8,10-11H2. The Balaban J connectivity index is 1.39. The number of fused-ring (bicyclic) bond motifs is 1. The van der Waals surface area contributed by atoms with Gasteiger partial charge in [0.2, 0.25) is 0 Å². The molecule has 24 heavy (non-hydrogen) atoms. The van der Waals surface area contributed by atoms with Crippen LogP contribution in [0.1, 0.15) is 24.1 Å². The zero-order valence-electron chi connectivity index (χ0n) is 13.6. The summed E-state index contributed by atoms with van der Waals surface area (Å²) in [6.07, 6.45) is 6.36. The lowest BCUT2D eigenvalue weighted by atomic mass is 9.96. The molecule has 4 rings (SSSR count). The number of nitrogens with zero attached hydrogens (tertiary/aromatic N) is 5. The molecule has 0 aliphatic carbocycles. The summed E-state index contributed by atoms with van der Waals surface area (Å²) in [5.41, 5.74) is 2.55. The number of piperidine rings is 1. The predicted molar refractivity (Wildman–Crippen MR) is 95.3 cm³/mol. The molecule has 0 saturated carbocycles. The van der Waals surface area contributed by atoms with Crippen LogP contribution in [0, 0.1) is 5.92 Å². The van der Waals surface area contributed by atoms with Crippen LogP contribution in [0.4, 0.5) is 5.82 Å². The lowest BCUT2D eigenvalue weighted by Crippen LogP contribution is -2.37. The minimum Gasteiger partial charge on any atom is -0.355 e. The van der Waals surface area contributed by atoms with Crippen LogP contribution in [0.3, 0.4) is 0 Å². The highest BCUT2D eigenvalue weighted by Gasteiger charge is 2.22. The van der Waals surface area contributed by atoms with Gasteiger partial charge in [-0.05, 0) is 36.1 Å². The third-order valence-electron chi connectivity index (χ3n) is 4.87. The second-order valence-corrected chi connectivity index (χ2v) is 7.58. The van der Waals surface area contributed by atoms with Gasteiger partial charge in [0.1, 0.15) is 0 Å². The first-order chi connectivity index (χ1) is 11.8. The van der Waals surface area contributed by atoms with Crippen LogP contribution in [-0.2, 0) is 18.7 Å². The Morgan fingerprint density at radius 3 is 2.96 bits per heavy atom. The van der Waals surface area contributed by atoms with Gasteiger partial charge in [-0.1, -0.05) is 0 Å². The molecule has 4 heterocycles. The van der Waals surface area contributed by atoms with E-state index in [0.29, 0.717) is 5.92 Å². The van der Waals surface area contributed by atoms with Gasteiger partial charge in [-0.2, -0.15) is 16.9 Å². The molecular formula is C17H21N5OS. The Morgan fingerprint density at radius 1 is 1.25 bits per heavy atom. The Hall–Kier alpha value is -1.89. The van der Waals surface area contributed by atoms with Crippen molar-refractivity contribution >= 4 is 17.6 Å². The molecule has 2 aromatic heterocycles. The quantitative estimate of drug-likeness (QED) is 0.846. The highest BCUT2D eigenvalue weighted by Crippen LogP contribution is 2.27. The van der Waals surface area contributed by atoms with Crippen molar-refractivity contribution in [3.05, 3.63) is 46.3 Å². The van der Waals surface area contributed by atoms with E-state index < -0.39 is 0 Å². The maximum absolute atomic E-state index is 11.8. The van der Waals surface area contributed by atoms with E-state index in [-0.39, 0.29) is 5.56 Å².